The maximum atomic E-state index is 13.8. The molecule has 0 amide bonds. The van der Waals surface area contributed by atoms with Gasteiger partial charge >= 0.3 is 0 Å². The summed E-state index contributed by atoms with van der Waals surface area (Å²) in [4.78, 5) is 19.0. The minimum absolute atomic E-state index is 0.210. The largest absolute Gasteiger partial charge is 0.383 e. The van der Waals surface area contributed by atoms with Gasteiger partial charge in [0, 0.05) is 25.8 Å². The van der Waals surface area contributed by atoms with Gasteiger partial charge in [-0.3, -0.25) is 9.69 Å². The van der Waals surface area contributed by atoms with Gasteiger partial charge in [-0.25, -0.2) is 9.07 Å². The highest BCUT2D eigenvalue weighted by Gasteiger charge is 2.31. The number of halogens is 1. The van der Waals surface area contributed by atoms with Gasteiger partial charge in [-0.2, -0.15) is 0 Å². The van der Waals surface area contributed by atoms with Crippen LogP contribution in [0, 0.1) is 19.7 Å². The summed E-state index contributed by atoms with van der Waals surface area (Å²) in [5.74, 6) is 0.226. The van der Waals surface area contributed by atoms with Crippen molar-refractivity contribution in [1.29, 1.82) is 0 Å². The number of aryl methyl sites for hydroxylation is 2. The highest BCUT2D eigenvalue weighted by Crippen LogP contribution is 2.31. The Balaban J connectivity index is 1.70. The van der Waals surface area contributed by atoms with Gasteiger partial charge in [-0.1, -0.05) is 54.1 Å². The summed E-state index contributed by atoms with van der Waals surface area (Å²) in [6.45, 7) is 5.80. The van der Waals surface area contributed by atoms with Crippen molar-refractivity contribution in [3.05, 3.63) is 123 Å². The SMILES string of the molecule is COCCn1nnnc1C(c1cc2cc(C)cc(C)c2[nH]c1=O)N(Cc1ccccc1)Cc1ccc(F)cc1. The molecular formula is C30H31FN6O2. The van der Waals surface area contributed by atoms with Crippen LogP contribution in [0.1, 0.15) is 39.7 Å². The average molecular weight is 527 g/mol. The number of nitrogens with zero attached hydrogens (tertiary/aromatic N) is 5. The molecule has 1 unspecified atom stereocenters. The van der Waals surface area contributed by atoms with Crippen molar-refractivity contribution in [2.24, 2.45) is 0 Å². The van der Waals surface area contributed by atoms with Gasteiger partial charge in [-0.15, -0.1) is 5.10 Å². The molecule has 0 radical (unpaired) electrons. The summed E-state index contributed by atoms with van der Waals surface area (Å²) < 4.78 is 20.7. The maximum Gasteiger partial charge on any atom is 0.253 e. The molecule has 0 bridgehead atoms. The zero-order valence-electron chi connectivity index (χ0n) is 22.3. The fraction of sp³-hybridized carbons (Fsp3) is 0.267. The van der Waals surface area contributed by atoms with E-state index in [1.54, 1.807) is 23.9 Å². The Morgan fingerprint density at radius 1 is 1.00 bits per heavy atom. The third-order valence-corrected chi connectivity index (χ3v) is 6.82. The van der Waals surface area contributed by atoms with E-state index in [-0.39, 0.29) is 11.4 Å². The molecule has 0 fully saturated rings. The summed E-state index contributed by atoms with van der Waals surface area (Å²) in [7, 11) is 1.62. The van der Waals surface area contributed by atoms with Crippen LogP contribution in [0.2, 0.25) is 0 Å². The molecule has 8 nitrogen and oxygen atoms in total. The van der Waals surface area contributed by atoms with Crippen LogP contribution in [0.3, 0.4) is 0 Å². The van der Waals surface area contributed by atoms with Crippen LogP contribution in [0.15, 0.2) is 77.6 Å². The first kappa shape index (κ1) is 26.4. The minimum Gasteiger partial charge on any atom is -0.383 e. The molecule has 5 aromatic rings. The number of fused-ring (bicyclic) bond motifs is 1. The molecule has 0 saturated carbocycles. The van der Waals surface area contributed by atoms with Gasteiger partial charge in [0.05, 0.1) is 18.7 Å². The number of benzene rings is 3. The minimum atomic E-state index is -0.601. The second kappa shape index (κ2) is 11.7. The van der Waals surface area contributed by atoms with E-state index in [1.807, 2.05) is 50.2 Å². The van der Waals surface area contributed by atoms with Crippen LogP contribution in [0.4, 0.5) is 4.39 Å². The molecule has 3 aromatic carbocycles. The predicted octanol–water partition coefficient (Wildman–Crippen LogP) is 4.71. The highest BCUT2D eigenvalue weighted by molar-refractivity contribution is 5.83. The van der Waals surface area contributed by atoms with Gasteiger partial charge < -0.3 is 9.72 Å². The van der Waals surface area contributed by atoms with Crippen molar-refractivity contribution in [2.45, 2.75) is 39.5 Å². The van der Waals surface area contributed by atoms with E-state index in [4.69, 9.17) is 4.74 Å². The molecule has 39 heavy (non-hydrogen) atoms. The van der Waals surface area contributed by atoms with Gasteiger partial charge in [0.25, 0.3) is 5.56 Å². The highest BCUT2D eigenvalue weighted by atomic mass is 19.1. The zero-order valence-corrected chi connectivity index (χ0v) is 22.3. The Morgan fingerprint density at radius 3 is 2.44 bits per heavy atom. The zero-order chi connectivity index (χ0) is 27.4. The first-order chi connectivity index (χ1) is 18.9. The lowest BCUT2D eigenvalue weighted by atomic mass is 9.99. The summed E-state index contributed by atoms with van der Waals surface area (Å²) in [6.07, 6.45) is 0. The molecule has 0 aliphatic rings. The van der Waals surface area contributed by atoms with Crippen LogP contribution in [0.25, 0.3) is 10.9 Å². The molecule has 0 aliphatic heterocycles. The molecule has 1 atom stereocenters. The molecule has 2 aromatic heterocycles. The van der Waals surface area contributed by atoms with Crippen LogP contribution in [-0.4, -0.2) is 43.8 Å². The van der Waals surface area contributed by atoms with Crippen LogP contribution < -0.4 is 5.56 Å². The van der Waals surface area contributed by atoms with Gasteiger partial charge in [0.15, 0.2) is 5.82 Å². The fourth-order valence-corrected chi connectivity index (χ4v) is 5.03. The van der Waals surface area contributed by atoms with E-state index >= 15 is 0 Å². The van der Waals surface area contributed by atoms with Crippen LogP contribution >= 0.6 is 0 Å². The number of aromatic nitrogens is 5. The number of nitrogens with one attached hydrogen (secondary N) is 1. The van der Waals surface area contributed by atoms with E-state index in [9.17, 15) is 9.18 Å². The number of rotatable bonds is 10. The second-order valence-corrected chi connectivity index (χ2v) is 9.77. The van der Waals surface area contributed by atoms with E-state index in [0.29, 0.717) is 37.6 Å². The third kappa shape index (κ3) is 5.94. The van der Waals surface area contributed by atoms with E-state index in [2.05, 4.69) is 37.5 Å². The lowest BCUT2D eigenvalue weighted by molar-refractivity contribution is 0.169. The lowest BCUT2D eigenvalue weighted by Gasteiger charge is -2.31. The van der Waals surface area contributed by atoms with E-state index in [0.717, 1.165) is 33.2 Å². The van der Waals surface area contributed by atoms with Crippen molar-refractivity contribution in [2.75, 3.05) is 13.7 Å². The van der Waals surface area contributed by atoms with Crippen molar-refractivity contribution in [3.8, 4) is 0 Å². The Labute approximate surface area is 226 Å². The Kier molecular flexibility index (Phi) is 7.90. The molecule has 200 valence electrons. The number of H-pyrrole nitrogens is 1. The topological polar surface area (TPSA) is 88.9 Å². The summed E-state index contributed by atoms with van der Waals surface area (Å²) >= 11 is 0. The lowest BCUT2D eigenvalue weighted by Crippen LogP contribution is -2.35. The third-order valence-electron chi connectivity index (χ3n) is 6.82. The molecule has 5 rings (SSSR count). The van der Waals surface area contributed by atoms with Crippen LogP contribution in [0.5, 0.6) is 0 Å². The first-order valence-corrected chi connectivity index (χ1v) is 12.8. The van der Waals surface area contributed by atoms with Crippen molar-refractivity contribution in [3.63, 3.8) is 0 Å². The molecule has 9 heteroatoms. The standard InChI is InChI=1S/C30H31FN6O2/c1-20-15-21(2)27-24(16-20)17-26(30(38)32-27)28(29-33-34-35-37(29)13-14-39-3)36(18-22-7-5-4-6-8-22)19-23-9-11-25(31)12-10-23/h4-12,15-17,28H,13-14,18-19H2,1-3H3,(H,32,38). The average Bonchev–Trinajstić information content (AvgIpc) is 3.38. The second-order valence-electron chi connectivity index (χ2n) is 9.77. The molecular weight excluding hydrogens is 495 g/mol. The number of pyridine rings is 1. The van der Waals surface area contributed by atoms with Crippen molar-refractivity contribution in [1.82, 2.24) is 30.1 Å². The quantitative estimate of drug-likeness (QED) is 0.284. The Bertz CT molecular complexity index is 1610. The first-order valence-electron chi connectivity index (χ1n) is 12.8. The maximum absolute atomic E-state index is 13.8. The molecule has 2 heterocycles. The number of hydrogen-bond donors (Lipinski definition) is 1. The number of ether oxygens (including phenoxy) is 1. The van der Waals surface area contributed by atoms with Gasteiger partial charge in [0.2, 0.25) is 0 Å². The van der Waals surface area contributed by atoms with E-state index < -0.39 is 6.04 Å². The van der Waals surface area contributed by atoms with Gasteiger partial charge in [-0.05, 0) is 70.6 Å². The number of hydrogen-bond acceptors (Lipinski definition) is 6. The van der Waals surface area contributed by atoms with Gasteiger partial charge in [0.1, 0.15) is 11.9 Å². The summed E-state index contributed by atoms with van der Waals surface area (Å²) in [6, 6.07) is 21.9. The Hall–Kier alpha value is -4.21. The molecule has 0 spiro atoms. The van der Waals surface area contributed by atoms with Crippen molar-refractivity contribution >= 4 is 10.9 Å². The monoisotopic (exact) mass is 526 g/mol. The number of aromatic amines is 1. The van der Waals surface area contributed by atoms with Crippen molar-refractivity contribution < 1.29 is 9.13 Å². The summed E-state index contributed by atoms with van der Waals surface area (Å²) in [5, 5.41) is 13.5. The fourth-order valence-electron chi connectivity index (χ4n) is 5.03. The Morgan fingerprint density at radius 2 is 1.72 bits per heavy atom. The van der Waals surface area contributed by atoms with E-state index in [1.165, 1.54) is 12.1 Å². The summed E-state index contributed by atoms with van der Waals surface area (Å²) in [5.41, 5.74) is 5.19. The number of tetrazole rings is 1. The predicted molar refractivity (Wildman–Crippen MR) is 148 cm³/mol. The smallest absolute Gasteiger partial charge is 0.253 e. The number of methoxy groups -OCH3 is 1. The van der Waals surface area contributed by atoms with Crippen LogP contribution in [-0.2, 0) is 24.4 Å². The molecule has 1 N–H and O–H groups in total. The normalized spacial score (nSPS) is 12.3. The molecule has 0 saturated heterocycles. The molecule has 0 aliphatic carbocycles.